The number of hydrogen-bond acceptors (Lipinski definition) is 1. The Balaban J connectivity index is 0.999. The summed E-state index contributed by atoms with van der Waals surface area (Å²) in [5.74, 6) is 0. The quantitative estimate of drug-likeness (QED) is 0.132. The van der Waals surface area contributed by atoms with Crippen molar-refractivity contribution in [1.29, 1.82) is 0 Å². The summed E-state index contributed by atoms with van der Waals surface area (Å²) < 4.78 is 6.72. The third-order valence-corrected chi connectivity index (χ3v) is 11.8. The van der Waals surface area contributed by atoms with Gasteiger partial charge < -0.3 is 4.42 Å². The molecule has 0 N–H and O–H groups in total. The second kappa shape index (κ2) is 11.6. The van der Waals surface area contributed by atoms with Gasteiger partial charge in [0, 0.05) is 16.2 Å². The average Bonchev–Trinajstić information content (AvgIpc) is 3.63. The fraction of sp³-hybridized carbons (Fsp3) is 0. The maximum Gasteiger partial charge on any atom is 0.143 e. The van der Waals surface area contributed by atoms with Crippen LogP contribution in [0.4, 0.5) is 0 Å². The van der Waals surface area contributed by atoms with Gasteiger partial charge in [0.15, 0.2) is 0 Å². The van der Waals surface area contributed by atoms with Crippen molar-refractivity contribution in [2.45, 2.75) is 0 Å². The normalized spacial score (nSPS) is 12.0. The lowest BCUT2D eigenvalue weighted by Crippen LogP contribution is -1.91. The third kappa shape index (κ3) is 4.48. The lowest BCUT2D eigenvalue weighted by atomic mass is 9.84. The van der Waals surface area contributed by atoms with E-state index in [-0.39, 0.29) is 0 Å². The van der Waals surface area contributed by atoms with Gasteiger partial charge in [0.2, 0.25) is 0 Å². The van der Waals surface area contributed by atoms with Crippen LogP contribution in [0.2, 0.25) is 0 Å². The zero-order valence-corrected chi connectivity index (χ0v) is 29.9. The molecule has 12 aromatic rings. The molecule has 1 aromatic heterocycles. The Hall–Kier alpha value is -7.22. The van der Waals surface area contributed by atoms with E-state index in [0.717, 1.165) is 21.9 Å². The van der Waals surface area contributed by atoms with Crippen molar-refractivity contribution in [1.82, 2.24) is 0 Å². The van der Waals surface area contributed by atoms with Crippen LogP contribution in [-0.2, 0) is 0 Å². The lowest BCUT2D eigenvalue weighted by molar-refractivity contribution is 0.673. The van der Waals surface area contributed by atoms with E-state index in [1.807, 2.05) is 0 Å². The van der Waals surface area contributed by atoms with Crippen molar-refractivity contribution in [3.63, 3.8) is 0 Å². The summed E-state index contributed by atoms with van der Waals surface area (Å²) in [5.41, 5.74) is 9.30. The second-order valence-corrected chi connectivity index (χ2v) is 14.8. The first-order valence-electron chi connectivity index (χ1n) is 19.0. The molecule has 1 nitrogen and oxygen atoms in total. The van der Waals surface area contributed by atoms with Crippen molar-refractivity contribution in [3.05, 3.63) is 194 Å². The van der Waals surface area contributed by atoms with Crippen LogP contribution in [0.25, 0.3) is 120 Å². The molecular weight excluding hydrogens is 665 g/mol. The molecule has 0 unspecified atom stereocenters. The second-order valence-electron chi connectivity index (χ2n) is 14.8. The highest BCUT2D eigenvalue weighted by atomic mass is 16.3. The summed E-state index contributed by atoms with van der Waals surface area (Å²) in [6.07, 6.45) is 0. The van der Waals surface area contributed by atoms with Gasteiger partial charge in [-0.15, -0.1) is 0 Å². The van der Waals surface area contributed by atoms with Crippen LogP contribution in [0, 0.1) is 0 Å². The summed E-state index contributed by atoms with van der Waals surface area (Å²) in [7, 11) is 0. The van der Waals surface area contributed by atoms with Crippen LogP contribution in [0.15, 0.2) is 199 Å². The van der Waals surface area contributed by atoms with Crippen molar-refractivity contribution < 1.29 is 4.42 Å². The molecule has 0 atom stereocenters. The Morgan fingerprint density at radius 1 is 0.273 bits per heavy atom. The Labute approximate surface area is 317 Å². The van der Waals surface area contributed by atoms with E-state index in [9.17, 15) is 0 Å². The zero-order valence-electron chi connectivity index (χ0n) is 29.9. The predicted octanol–water partition coefficient (Wildman–Crippen LogP) is 15.5. The maximum absolute atomic E-state index is 6.72. The number of benzene rings is 11. The molecule has 0 saturated carbocycles. The molecule has 0 amide bonds. The predicted molar refractivity (Wildman–Crippen MR) is 235 cm³/mol. The lowest BCUT2D eigenvalue weighted by Gasteiger charge is -2.19. The van der Waals surface area contributed by atoms with Crippen LogP contribution < -0.4 is 0 Å². The molecule has 0 aliphatic rings. The Kier molecular flexibility index (Phi) is 6.40. The molecule has 0 bridgehead atoms. The van der Waals surface area contributed by atoms with Crippen LogP contribution in [0.1, 0.15) is 0 Å². The summed E-state index contributed by atoms with van der Waals surface area (Å²) in [5, 5.41) is 17.2. The summed E-state index contributed by atoms with van der Waals surface area (Å²) in [6.45, 7) is 0. The van der Waals surface area contributed by atoms with E-state index in [4.69, 9.17) is 4.42 Å². The highest BCUT2D eigenvalue weighted by molar-refractivity contribution is 6.31. The molecular formula is C54H32O. The molecule has 0 radical (unpaired) electrons. The first kappa shape index (κ1) is 30.3. The first-order valence-corrected chi connectivity index (χ1v) is 19.0. The average molecular weight is 697 g/mol. The Bertz CT molecular complexity index is 3470. The minimum absolute atomic E-state index is 0.919. The largest absolute Gasteiger partial charge is 0.455 e. The van der Waals surface area contributed by atoms with E-state index >= 15 is 0 Å². The number of furan rings is 1. The summed E-state index contributed by atoms with van der Waals surface area (Å²) >= 11 is 0. The minimum atomic E-state index is 0.919. The molecule has 0 aliphatic carbocycles. The summed E-state index contributed by atoms with van der Waals surface area (Å²) in [6, 6.07) is 71.0. The van der Waals surface area contributed by atoms with Crippen molar-refractivity contribution in [3.8, 4) is 33.4 Å². The SMILES string of the molecule is c1ccc2c(-c3c4ccccc4c(-c4ccc(-c5ccc6cc7c(cc6c5)oc5c6ccccc6c6ccccc6c75)cc4)c4ccccc34)cccc2c1. The molecule has 0 fully saturated rings. The number of fused-ring (bicyclic) bond motifs is 12. The van der Waals surface area contributed by atoms with Crippen molar-refractivity contribution in [2.75, 3.05) is 0 Å². The van der Waals surface area contributed by atoms with Crippen molar-refractivity contribution in [2.24, 2.45) is 0 Å². The van der Waals surface area contributed by atoms with E-state index in [2.05, 4.69) is 194 Å². The fourth-order valence-corrected chi connectivity index (χ4v) is 9.33. The first-order chi connectivity index (χ1) is 27.3. The van der Waals surface area contributed by atoms with E-state index in [0.29, 0.717) is 0 Å². The van der Waals surface area contributed by atoms with Crippen LogP contribution >= 0.6 is 0 Å². The number of hydrogen-bond donors (Lipinski definition) is 0. The topological polar surface area (TPSA) is 13.1 Å². The van der Waals surface area contributed by atoms with Gasteiger partial charge in [-0.1, -0.05) is 176 Å². The van der Waals surface area contributed by atoms with E-state index < -0.39 is 0 Å². The van der Waals surface area contributed by atoms with E-state index in [1.165, 1.54) is 98.0 Å². The van der Waals surface area contributed by atoms with Crippen molar-refractivity contribution >= 4 is 86.6 Å². The van der Waals surface area contributed by atoms with Gasteiger partial charge in [0.05, 0.1) is 0 Å². The van der Waals surface area contributed by atoms with Gasteiger partial charge in [-0.2, -0.15) is 0 Å². The maximum atomic E-state index is 6.72. The highest BCUT2D eigenvalue weighted by Gasteiger charge is 2.19. The molecule has 55 heavy (non-hydrogen) atoms. The van der Waals surface area contributed by atoms with Gasteiger partial charge in [0.1, 0.15) is 11.2 Å². The summed E-state index contributed by atoms with van der Waals surface area (Å²) in [4.78, 5) is 0. The minimum Gasteiger partial charge on any atom is -0.455 e. The van der Waals surface area contributed by atoms with E-state index in [1.54, 1.807) is 0 Å². The highest BCUT2D eigenvalue weighted by Crippen LogP contribution is 2.46. The number of rotatable bonds is 3. The standard InChI is InChI=1S/C54H32O/c1-2-14-39-34(12-1)13-11-23-42(39)52-46-20-8-6-18-44(46)51(45-19-7-9-21-47(45)52)35-26-24-33(25-27-35)36-28-29-37-31-49-50(32-38(37)30-36)55-54-48-22-10-4-16-41(48)40-15-3-5-17-43(40)53(49)54/h1-32H. The molecule has 254 valence electrons. The molecule has 0 saturated heterocycles. The van der Waals surface area contributed by atoms with Gasteiger partial charge in [-0.25, -0.2) is 0 Å². The van der Waals surface area contributed by atoms with Gasteiger partial charge in [0.25, 0.3) is 0 Å². The smallest absolute Gasteiger partial charge is 0.143 e. The molecule has 0 aliphatic heterocycles. The molecule has 1 heteroatoms. The third-order valence-electron chi connectivity index (χ3n) is 11.8. The molecule has 1 heterocycles. The van der Waals surface area contributed by atoms with Gasteiger partial charge >= 0.3 is 0 Å². The van der Waals surface area contributed by atoms with Gasteiger partial charge in [-0.3, -0.25) is 0 Å². The van der Waals surface area contributed by atoms with Gasteiger partial charge in [-0.05, 0) is 111 Å². The Morgan fingerprint density at radius 3 is 1.51 bits per heavy atom. The molecule has 0 spiro atoms. The van der Waals surface area contributed by atoms with Crippen LogP contribution in [0.3, 0.4) is 0 Å². The van der Waals surface area contributed by atoms with Crippen LogP contribution in [-0.4, -0.2) is 0 Å². The molecule has 11 aromatic carbocycles. The Morgan fingerprint density at radius 2 is 0.800 bits per heavy atom. The van der Waals surface area contributed by atoms with Crippen LogP contribution in [0.5, 0.6) is 0 Å². The zero-order chi connectivity index (χ0) is 36.0. The monoisotopic (exact) mass is 696 g/mol. The fourth-order valence-electron chi connectivity index (χ4n) is 9.33. The molecule has 12 rings (SSSR count).